The van der Waals surface area contributed by atoms with Gasteiger partial charge >= 0.3 is 6.18 Å². The summed E-state index contributed by atoms with van der Waals surface area (Å²) in [5.74, 6) is 0.607. The van der Waals surface area contributed by atoms with Gasteiger partial charge in [-0.2, -0.15) is 13.2 Å². The number of hydrogen-bond donors (Lipinski definition) is 1. The van der Waals surface area contributed by atoms with Crippen LogP contribution in [0.2, 0.25) is 0 Å². The van der Waals surface area contributed by atoms with Crippen molar-refractivity contribution in [2.24, 2.45) is 0 Å². The van der Waals surface area contributed by atoms with Gasteiger partial charge in [0, 0.05) is 12.4 Å². The molecular weight excluding hydrogens is 471 g/mol. The lowest BCUT2D eigenvalue weighted by Crippen LogP contribution is -2.51. The van der Waals surface area contributed by atoms with Gasteiger partial charge in [0.2, 0.25) is 5.91 Å². The first-order valence-corrected chi connectivity index (χ1v) is 11.2. The van der Waals surface area contributed by atoms with Crippen molar-refractivity contribution in [3.63, 3.8) is 0 Å². The topological polar surface area (TPSA) is 84.0 Å². The van der Waals surface area contributed by atoms with Gasteiger partial charge < -0.3 is 9.72 Å². The zero-order chi connectivity index (χ0) is 25.3. The number of aromatic amines is 1. The Morgan fingerprint density at radius 2 is 1.83 bits per heavy atom. The minimum absolute atomic E-state index is 0.109. The van der Waals surface area contributed by atoms with Crippen LogP contribution in [0, 0.1) is 0 Å². The summed E-state index contributed by atoms with van der Waals surface area (Å²) in [7, 11) is 0. The second-order valence-electron chi connectivity index (χ2n) is 8.89. The van der Waals surface area contributed by atoms with Gasteiger partial charge in [-0.05, 0) is 59.4 Å². The summed E-state index contributed by atoms with van der Waals surface area (Å²) >= 11 is 0. The third kappa shape index (κ3) is 4.66. The summed E-state index contributed by atoms with van der Waals surface area (Å²) in [6, 6.07) is 12.3. The number of amides is 1. The highest BCUT2D eigenvalue weighted by Gasteiger charge is 2.45. The van der Waals surface area contributed by atoms with Crippen molar-refractivity contribution in [1.29, 1.82) is 0 Å². The van der Waals surface area contributed by atoms with Crippen LogP contribution in [0.4, 0.5) is 19.0 Å². The van der Waals surface area contributed by atoms with E-state index >= 15 is 0 Å². The molecule has 0 saturated heterocycles. The van der Waals surface area contributed by atoms with E-state index in [-0.39, 0.29) is 11.7 Å². The van der Waals surface area contributed by atoms with Crippen LogP contribution in [0.15, 0.2) is 73.7 Å². The molecule has 0 saturated carbocycles. The number of halogens is 3. The molecule has 5 rings (SSSR count). The summed E-state index contributed by atoms with van der Waals surface area (Å²) < 4.78 is 42.8. The largest absolute Gasteiger partial charge is 0.484 e. The van der Waals surface area contributed by atoms with E-state index < -0.39 is 18.2 Å². The molecule has 4 aromatic rings. The molecule has 1 unspecified atom stereocenters. The summed E-state index contributed by atoms with van der Waals surface area (Å²) in [6.45, 7) is 0.873. The molecule has 1 aliphatic rings. The molecular formula is C26H22F3N5O2. The van der Waals surface area contributed by atoms with Crippen LogP contribution in [0.1, 0.15) is 23.6 Å². The first-order valence-electron chi connectivity index (χ1n) is 11.2. The third-order valence-electron chi connectivity index (χ3n) is 6.27. The molecule has 7 nitrogen and oxygen atoms in total. The molecule has 1 N–H and O–H groups in total. The number of imidazole rings is 1. The smallest absolute Gasteiger partial charge is 0.422 e. The van der Waals surface area contributed by atoms with Crippen molar-refractivity contribution in [1.82, 2.24) is 19.9 Å². The van der Waals surface area contributed by atoms with Gasteiger partial charge in [0.1, 0.15) is 17.9 Å². The van der Waals surface area contributed by atoms with E-state index in [1.807, 2.05) is 25.1 Å². The van der Waals surface area contributed by atoms with Crippen molar-refractivity contribution >= 4 is 11.7 Å². The normalized spacial score (nSPS) is 17.7. The number of aromatic nitrogens is 4. The number of alkyl halides is 3. The predicted molar refractivity (Wildman–Crippen MR) is 126 cm³/mol. The average Bonchev–Trinajstić information content (AvgIpc) is 3.40. The van der Waals surface area contributed by atoms with E-state index in [4.69, 9.17) is 4.74 Å². The Bertz CT molecular complexity index is 1380. The Balaban J connectivity index is 1.56. The first kappa shape index (κ1) is 23.5. The van der Waals surface area contributed by atoms with E-state index in [0.717, 1.165) is 22.3 Å². The van der Waals surface area contributed by atoms with Crippen molar-refractivity contribution in [2.45, 2.75) is 31.5 Å². The molecule has 184 valence electrons. The van der Waals surface area contributed by atoms with Gasteiger partial charge in [-0.1, -0.05) is 24.3 Å². The molecule has 2 aromatic carbocycles. The summed E-state index contributed by atoms with van der Waals surface area (Å²) in [6.07, 6.45) is 3.88. The number of ether oxygens (including phenoxy) is 1. The summed E-state index contributed by atoms with van der Waals surface area (Å²) in [5.41, 5.74) is 3.10. The lowest BCUT2D eigenvalue weighted by molar-refractivity contribution is -0.153. The maximum Gasteiger partial charge on any atom is 0.422 e. The highest BCUT2D eigenvalue weighted by molar-refractivity contribution is 6.02. The molecule has 10 heteroatoms. The number of rotatable bonds is 6. The van der Waals surface area contributed by atoms with Crippen LogP contribution < -0.4 is 9.64 Å². The van der Waals surface area contributed by atoms with Crippen LogP contribution in [0.3, 0.4) is 0 Å². The molecule has 0 spiro atoms. The number of nitrogens with zero attached hydrogens (tertiary/aromatic N) is 4. The van der Waals surface area contributed by atoms with E-state index in [2.05, 4.69) is 19.9 Å². The fourth-order valence-electron chi connectivity index (χ4n) is 4.58. The number of carbonyl (C=O) groups excluding carboxylic acids is 1. The number of benzene rings is 2. The fraction of sp³-hybridized carbons (Fsp3) is 0.231. The Kier molecular flexibility index (Phi) is 5.95. The lowest BCUT2D eigenvalue weighted by Gasteiger charge is -2.40. The Labute approximate surface area is 205 Å². The molecule has 36 heavy (non-hydrogen) atoms. The molecule has 2 aromatic heterocycles. The molecule has 0 aliphatic carbocycles. The second-order valence-corrected chi connectivity index (χ2v) is 8.89. The first-order chi connectivity index (χ1) is 17.2. The van der Waals surface area contributed by atoms with Crippen LogP contribution in [-0.2, 0) is 23.2 Å². The zero-order valence-electron chi connectivity index (χ0n) is 19.3. The van der Waals surface area contributed by atoms with Gasteiger partial charge in [-0.3, -0.25) is 9.69 Å². The molecule has 0 radical (unpaired) electrons. The van der Waals surface area contributed by atoms with Crippen LogP contribution in [0.5, 0.6) is 5.75 Å². The van der Waals surface area contributed by atoms with Crippen molar-refractivity contribution < 1.29 is 22.7 Å². The molecule has 1 atom stereocenters. The maximum atomic E-state index is 13.9. The minimum Gasteiger partial charge on any atom is -0.484 e. The summed E-state index contributed by atoms with van der Waals surface area (Å²) in [5, 5.41) is 0. The molecule has 0 fully saturated rings. The van der Waals surface area contributed by atoms with E-state index in [9.17, 15) is 18.0 Å². The van der Waals surface area contributed by atoms with Crippen molar-refractivity contribution in [3.05, 3.63) is 90.4 Å². The Morgan fingerprint density at radius 3 is 2.56 bits per heavy atom. The molecule has 3 heterocycles. The van der Waals surface area contributed by atoms with Crippen molar-refractivity contribution in [3.8, 4) is 16.9 Å². The van der Waals surface area contributed by atoms with E-state index in [1.54, 1.807) is 41.7 Å². The van der Waals surface area contributed by atoms with Gasteiger partial charge in [-0.15, -0.1) is 0 Å². The highest BCUT2D eigenvalue weighted by atomic mass is 19.4. The monoisotopic (exact) mass is 493 g/mol. The maximum absolute atomic E-state index is 13.9. The number of carbonyl (C=O) groups is 1. The summed E-state index contributed by atoms with van der Waals surface area (Å²) in [4.78, 5) is 30.8. The number of anilines is 1. The number of H-pyrrole nitrogens is 1. The molecule has 0 bridgehead atoms. The predicted octanol–water partition coefficient (Wildman–Crippen LogP) is 4.86. The van der Waals surface area contributed by atoms with Gasteiger partial charge in [0.05, 0.1) is 24.5 Å². The zero-order valence-corrected chi connectivity index (χ0v) is 19.3. The lowest BCUT2D eigenvalue weighted by atomic mass is 9.71. The van der Waals surface area contributed by atoms with Crippen LogP contribution in [0.25, 0.3) is 11.1 Å². The van der Waals surface area contributed by atoms with Crippen LogP contribution >= 0.6 is 0 Å². The third-order valence-corrected chi connectivity index (χ3v) is 6.27. The number of hydrogen-bond acceptors (Lipinski definition) is 5. The second kappa shape index (κ2) is 9.10. The van der Waals surface area contributed by atoms with Crippen LogP contribution in [-0.4, -0.2) is 38.6 Å². The molecule has 1 amide bonds. The number of fused-ring (bicyclic) bond motifs is 1. The van der Waals surface area contributed by atoms with Gasteiger partial charge in [0.25, 0.3) is 0 Å². The van der Waals surface area contributed by atoms with Crippen molar-refractivity contribution in [2.75, 3.05) is 11.5 Å². The SMILES string of the molecule is CC1(Cc2cncnc2)C(=O)N(c2cnc[nH]2)Cc2ccc(-c3cccc(OCC(F)(F)F)c3)cc21. The Hall–Kier alpha value is -4.21. The average molecular weight is 493 g/mol. The molecule has 1 aliphatic heterocycles. The van der Waals surface area contributed by atoms with Gasteiger partial charge in [0.15, 0.2) is 6.61 Å². The highest BCUT2D eigenvalue weighted by Crippen LogP contribution is 2.41. The number of nitrogens with one attached hydrogen (secondary N) is 1. The fourth-order valence-corrected chi connectivity index (χ4v) is 4.58. The minimum atomic E-state index is -4.42. The Morgan fingerprint density at radius 1 is 1.06 bits per heavy atom. The van der Waals surface area contributed by atoms with E-state index in [1.165, 1.54) is 18.7 Å². The van der Waals surface area contributed by atoms with Gasteiger partial charge in [-0.25, -0.2) is 15.0 Å². The standard InChI is InChI=1S/C26H22F3N5O2/c1-25(9-17-10-30-15-31-11-17)22-8-19(18-3-2-4-21(7-18)36-14-26(27,28)29)5-6-20(22)13-34(24(25)35)23-12-32-16-33-23/h2-8,10-12,15-16H,9,13-14H2,1H3,(H,32,33). The quantitative estimate of drug-likeness (QED) is 0.415. The van der Waals surface area contributed by atoms with E-state index in [0.29, 0.717) is 24.3 Å².